The summed E-state index contributed by atoms with van der Waals surface area (Å²) in [4.78, 5) is 10.8. The van der Waals surface area contributed by atoms with Crippen LogP contribution in [0, 0.1) is 0 Å². The molecule has 0 aliphatic carbocycles. The number of benzene rings is 1. The molecule has 1 aliphatic heterocycles. The lowest BCUT2D eigenvalue weighted by atomic mass is 10.1. The first kappa shape index (κ1) is 13.0. The van der Waals surface area contributed by atoms with Crippen molar-refractivity contribution in [3.05, 3.63) is 59.9 Å². The van der Waals surface area contributed by atoms with E-state index in [-0.39, 0.29) is 0 Å². The Morgan fingerprint density at radius 1 is 1.14 bits per heavy atom. The van der Waals surface area contributed by atoms with E-state index in [9.17, 15) is 0 Å². The summed E-state index contributed by atoms with van der Waals surface area (Å²) >= 11 is 0. The van der Waals surface area contributed by atoms with E-state index < -0.39 is 0 Å². The highest BCUT2D eigenvalue weighted by molar-refractivity contribution is 5.30. The van der Waals surface area contributed by atoms with Crippen molar-refractivity contribution in [3.63, 3.8) is 0 Å². The Morgan fingerprint density at radius 3 is 2.95 bits per heavy atom. The quantitative estimate of drug-likeness (QED) is 0.717. The molecule has 7 nitrogen and oxygen atoms in total. The molecule has 0 saturated carbocycles. The molecule has 1 aromatic carbocycles. The molecule has 110 valence electrons. The van der Waals surface area contributed by atoms with Crippen molar-refractivity contribution < 1.29 is 0 Å². The zero-order chi connectivity index (χ0) is 14.8. The molecule has 0 N–H and O–H groups in total. The van der Waals surface area contributed by atoms with E-state index in [1.165, 1.54) is 5.56 Å². The number of para-hydroxylation sites is 1. The molecule has 7 heteroatoms. The van der Waals surface area contributed by atoms with Crippen LogP contribution < -0.4 is 0 Å². The van der Waals surface area contributed by atoms with Crippen LogP contribution in [0.15, 0.2) is 42.9 Å². The Morgan fingerprint density at radius 2 is 2.05 bits per heavy atom. The SMILES string of the molecule is c1ccc(-n2nnnc2CN2CCc3cncnc3C2)cc1. The minimum absolute atomic E-state index is 0.700. The number of hydrogen-bond donors (Lipinski definition) is 0. The Bertz CT molecular complexity index is 768. The lowest BCUT2D eigenvalue weighted by molar-refractivity contribution is 0.233. The van der Waals surface area contributed by atoms with Gasteiger partial charge >= 0.3 is 0 Å². The van der Waals surface area contributed by atoms with Crippen LogP contribution in [0.1, 0.15) is 17.1 Å². The van der Waals surface area contributed by atoms with Crippen LogP contribution in [0.2, 0.25) is 0 Å². The second-order valence-electron chi connectivity index (χ2n) is 5.30. The molecular weight excluding hydrogens is 278 g/mol. The monoisotopic (exact) mass is 293 g/mol. The number of nitrogens with zero attached hydrogens (tertiary/aromatic N) is 7. The second-order valence-corrected chi connectivity index (χ2v) is 5.30. The van der Waals surface area contributed by atoms with Crippen LogP contribution in [0.3, 0.4) is 0 Å². The van der Waals surface area contributed by atoms with Gasteiger partial charge in [0.05, 0.1) is 17.9 Å². The number of rotatable bonds is 3. The predicted octanol–water partition coefficient (Wildman–Crippen LogP) is 1.01. The van der Waals surface area contributed by atoms with Crippen molar-refractivity contribution in [3.8, 4) is 5.69 Å². The zero-order valence-electron chi connectivity index (χ0n) is 12.0. The first-order valence-corrected chi connectivity index (χ1v) is 7.23. The first-order valence-electron chi connectivity index (χ1n) is 7.23. The van der Waals surface area contributed by atoms with Crippen LogP contribution in [-0.4, -0.2) is 41.6 Å². The Balaban J connectivity index is 1.55. The maximum atomic E-state index is 4.37. The van der Waals surface area contributed by atoms with Crippen molar-refractivity contribution in [2.45, 2.75) is 19.5 Å². The molecular formula is C15H15N7. The average molecular weight is 293 g/mol. The summed E-state index contributed by atoms with van der Waals surface area (Å²) < 4.78 is 1.79. The van der Waals surface area contributed by atoms with Crippen LogP contribution >= 0.6 is 0 Å². The van der Waals surface area contributed by atoms with Crippen molar-refractivity contribution in [2.24, 2.45) is 0 Å². The van der Waals surface area contributed by atoms with Crippen molar-refractivity contribution in [1.29, 1.82) is 0 Å². The molecule has 1 aliphatic rings. The molecule has 0 unspecified atom stereocenters. The van der Waals surface area contributed by atoms with Crippen molar-refractivity contribution >= 4 is 0 Å². The predicted molar refractivity (Wildman–Crippen MR) is 79.0 cm³/mol. The average Bonchev–Trinajstić information content (AvgIpc) is 3.04. The molecule has 0 bridgehead atoms. The van der Waals surface area contributed by atoms with Gasteiger partial charge in [0.15, 0.2) is 5.82 Å². The summed E-state index contributed by atoms with van der Waals surface area (Å²) in [5, 5.41) is 12.1. The molecule has 22 heavy (non-hydrogen) atoms. The summed E-state index contributed by atoms with van der Waals surface area (Å²) in [6.07, 6.45) is 4.48. The van der Waals surface area contributed by atoms with Gasteiger partial charge in [0, 0.05) is 19.3 Å². The fourth-order valence-electron chi connectivity index (χ4n) is 2.71. The minimum Gasteiger partial charge on any atom is -0.290 e. The van der Waals surface area contributed by atoms with E-state index in [2.05, 4.69) is 30.4 Å². The summed E-state index contributed by atoms with van der Waals surface area (Å²) in [5.41, 5.74) is 3.31. The Kier molecular flexibility index (Phi) is 3.32. The standard InChI is InChI=1S/C15H15N7/c1-2-4-13(5-3-1)22-15(18-19-20-22)10-21-7-6-12-8-16-11-17-14(12)9-21/h1-5,8,11H,6-7,9-10H2. The third-order valence-electron chi connectivity index (χ3n) is 3.85. The van der Waals surface area contributed by atoms with Gasteiger partial charge in [-0.25, -0.2) is 9.97 Å². The number of fused-ring (bicyclic) bond motifs is 1. The fraction of sp³-hybridized carbons (Fsp3) is 0.267. The van der Waals surface area contributed by atoms with Crippen LogP contribution in [0.4, 0.5) is 0 Å². The molecule has 4 rings (SSSR count). The van der Waals surface area contributed by atoms with Gasteiger partial charge in [-0.05, 0) is 34.5 Å². The Hall–Kier alpha value is -2.67. The van der Waals surface area contributed by atoms with Gasteiger partial charge in [-0.1, -0.05) is 18.2 Å². The van der Waals surface area contributed by atoms with Gasteiger partial charge in [-0.15, -0.1) is 5.10 Å². The zero-order valence-corrected chi connectivity index (χ0v) is 12.0. The summed E-state index contributed by atoms with van der Waals surface area (Å²) in [6.45, 7) is 2.47. The summed E-state index contributed by atoms with van der Waals surface area (Å²) in [5.74, 6) is 0.837. The first-order chi connectivity index (χ1) is 10.9. The van der Waals surface area contributed by atoms with Crippen molar-refractivity contribution in [2.75, 3.05) is 6.54 Å². The topological polar surface area (TPSA) is 72.6 Å². The van der Waals surface area contributed by atoms with Gasteiger partial charge in [-0.3, -0.25) is 4.90 Å². The van der Waals surface area contributed by atoms with Crippen LogP contribution in [0.25, 0.3) is 5.69 Å². The maximum Gasteiger partial charge on any atom is 0.170 e. The molecule has 0 fully saturated rings. The molecule has 3 aromatic rings. The van der Waals surface area contributed by atoms with E-state index in [4.69, 9.17) is 0 Å². The number of hydrogen-bond acceptors (Lipinski definition) is 6. The van der Waals surface area contributed by atoms with E-state index in [0.717, 1.165) is 36.7 Å². The summed E-state index contributed by atoms with van der Waals surface area (Å²) in [6, 6.07) is 9.94. The van der Waals surface area contributed by atoms with E-state index in [1.807, 2.05) is 36.5 Å². The molecule has 3 heterocycles. The third kappa shape index (κ3) is 2.46. The second kappa shape index (κ2) is 5.61. The van der Waals surface area contributed by atoms with Crippen LogP contribution in [-0.2, 0) is 19.5 Å². The van der Waals surface area contributed by atoms with E-state index in [0.29, 0.717) is 6.54 Å². The van der Waals surface area contributed by atoms with E-state index in [1.54, 1.807) is 11.0 Å². The van der Waals surface area contributed by atoms with Gasteiger partial charge in [0.2, 0.25) is 0 Å². The fourth-order valence-corrected chi connectivity index (χ4v) is 2.71. The lowest BCUT2D eigenvalue weighted by Crippen LogP contribution is -2.31. The number of tetrazole rings is 1. The molecule has 0 atom stereocenters. The van der Waals surface area contributed by atoms with Gasteiger partial charge in [-0.2, -0.15) is 4.68 Å². The van der Waals surface area contributed by atoms with E-state index >= 15 is 0 Å². The summed E-state index contributed by atoms with van der Waals surface area (Å²) in [7, 11) is 0. The van der Waals surface area contributed by atoms with Gasteiger partial charge in [0.25, 0.3) is 0 Å². The highest BCUT2D eigenvalue weighted by Crippen LogP contribution is 2.17. The highest BCUT2D eigenvalue weighted by Gasteiger charge is 2.20. The third-order valence-corrected chi connectivity index (χ3v) is 3.85. The normalized spacial score (nSPS) is 14.7. The molecule has 2 aromatic heterocycles. The maximum absolute atomic E-state index is 4.37. The smallest absolute Gasteiger partial charge is 0.170 e. The molecule has 0 spiro atoms. The number of aromatic nitrogens is 6. The van der Waals surface area contributed by atoms with Gasteiger partial charge in [0.1, 0.15) is 6.33 Å². The molecule has 0 amide bonds. The van der Waals surface area contributed by atoms with Crippen LogP contribution in [0.5, 0.6) is 0 Å². The largest absolute Gasteiger partial charge is 0.290 e. The molecule has 0 radical (unpaired) electrons. The Labute approximate surface area is 127 Å². The molecule has 0 saturated heterocycles. The minimum atomic E-state index is 0.700. The van der Waals surface area contributed by atoms with Gasteiger partial charge < -0.3 is 0 Å². The lowest BCUT2D eigenvalue weighted by Gasteiger charge is -2.26. The highest BCUT2D eigenvalue weighted by atomic mass is 15.5. The van der Waals surface area contributed by atoms with Crippen molar-refractivity contribution in [1.82, 2.24) is 35.1 Å².